The number of thioether (sulfide) groups is 1. The lowest BCUT2D eigenvalue weighted by Crippen LogP contribution is -2.41. The Balaban J connectivity index is 2.02. The molecule has 0 spiro atoms. The van der Waals surface area contributed by atoms with Crippen molar-refractivity contribution in [1.82, 2.24) is 10.2 Å². The van der Waals surface area contributed by atoms with Crippen molar-refractivity contribution >= 4 is 23.6 Å². The highest BCUT2D eigenvalue weighted by Gasteiger charge is 2.16. The zero-order valence-electron chi connectivity index (χ0n) is 11.7. The van der Waals surface area contributed by atoms with E-state index in [1.165, 1.54) is 11.8 Å². The van der Waals surface area contributed by atoms with Gasteiger partial charge in [-0.25, -0.2) is 0 Å². The lowest BCUT2D eigenvalue weighted by molar-refractivity contribution is -0.132. The Hall–Kier alpha value is -0.750. The third kappa shape index (κ3) is 7.42. The van der Waals surface area contributed by atoms with Gasteiger partial charge in [0.1, 0.15) is 0 Å². The molecule has 1 rings (SSSR count). The minimum Gasteiger partial charge on any atom is -0.378 e. The summed E-state index contributed by atoms with van der Waals surface area (Å²) in [5.41, 5.74) is 0. The minimum atomic E-state index is 0.0240. The summed E-state index contributed by atoms with van der Waals surface area (Å²) in [6, 6.07) is 0. The molecule has 0 aliphatic carbocycles. The number of carbonyl (C=O) groups excluding carboxylic acids is 2. The van der Waals surface area contributed by atoms with E-state index in [1.807, 2.05) is 0 Å². The van der Waals surface area contributed by atoms with Crippen LogP contribution in [-0.4, -0.2) is 61.1 Å². The van der Waals surface area contributed by atoms with Gasteiger partial charge in [0, 0.05) is 19.6 Å². The van der Waals surface area contributed by atoms with Crippen LogP contribution in [-0.2, 0) is 14.3 Å². The minimum absolute atomic E-state index is 0.0240. The molecule has 0 radical (unpaired) electrons. The van der Waals surface area contributed by atoms with Gasteiger partial charge in [-0.05, 0) is 6.42 Å². The predicted molar refractivity (Wildman–Crippen MR) is 77.3 cm³/mol. The van der Waals surface area contributed by atoms with Gasteiger partial charge >= 0.3 is 0 Å². The highest BCUT2D eigenvalue weighted by Crippen LogP contribution is 2.05. The van der Waals surface area contributed by atoms with Crippen LogP contribution in [0.2, 0.25) is 0 Å². The molecule has 0 saturated carbocycles. The normalized spacial score (nSPS) is 15.3. The summed E-state index contributed by atoms with van der Waals surface area (Å²) in [5, 5.41) is 2.87. The van der Waals surface area contributed by atoms with Crippen molar-refractivity contribution in [3.05, 3.63) is 0 Å². The Bertz CT molecular complexity index is 281. The Morgan fingerprint density at radius 3 is 2.63 bits per heavy atom. The second-order valence-corrected chi connectivity index (χ2v) is 5.53. The molecule has 110 valence electrons. The maximum absolute atomic E-state index is 11.8. The van der Waals surface area contributed by atoms with Crippen molar-refractivity contribution in [1.29, 1.82) is 0 Å². The zero-order chi connectivity index (χ0) is 13.9. The SMILES string of the molecule is CCCCCNC(=O)CSCC(=O)N1CCOCC1. The molecule has 0 atom stereocenters. The van der Waals surface area contributed by atoms with Gasteiger partial charge < -0.3 is 15.0 Å². The fraction of sp³-hybridized carbons (Fsp3) is 0.846. The molecule has 0 bridgehead atoms. The van der Waals surface area contributed by atoms with Gasteiger partial charge in [-0.15, -0.1) is 11.8 Å². The van der Waals surface area contributed by atoms with Crippen LogP contribution >= 0.6 is 11.8 Å². The van der Waals surface area contributed by atoms with Crippen molar-refractivity contribution in [2.45, 2.75) is 26.2 Å². The Kier molecular flexibility index (Phi) is 8.66. The lowest BCUT2D eigenvalue weighted by Gasteiger charge is -2.26. The standard InChI is InChI=1S/C13H24N2O3S/c1-2-3-4-5-14-12(16)10-19-11-13(17)15-6-8-18-9-7-15/h2-11H2,1H3,(H,14,16). The molecule has 1 saturated heterocycles. The number of amides is 2. The molecular formula is C13H24N2O3S. The summed E-state index contributed by atoms with van der Waals surface area (Å²) in [5.74, 6) is 0.868. The number of unbranched alkanes of at least 4 members (excludes halogenated alkanes) is 2. The fourth-order valence-electron chi connectivity index (χ4n) is 1.79. The second kappa shape index (κ2) is 10.1. The van der Waals surface area contributed by atoms with Gasteiger partial charge in [0.05, 0.1) is 24.7 Å². The van der Waals surface area contributed by atoms with Gasteiger partial charge in [0.2, 0.25) is 11.8 Å². The molecule has 0 aromatic heterocycles. The number of hydrogen-bond acceptors (Lipinski definition) is 4. The van der Waals surface area contributed by atoms with Gasteiger partial charge in [-0.2, -0.15) is 0 Å². The quantitative estimate of drug-likeness (QED) is 0.674. The second-order valence-electron chi connectivity index (χ2n) is 4.54. The van der Waals surface area contributed by atoms with Crippen molar-refractivity contribution < 1.29 is 14.3 Å². The Morgan fingerprint density at radius 2 is 1.95 bits per heavy atom. The van der Waals surface area contributed by atoms with Gasteiger partial charge in [0.25, 0.3) is 0 Å². The third-order valence-corrected chi connectivity index (χ3v) is 3.84. The van der Waals surface area contributed by atoms with Crippen LogP contribution in [0, 0.1) is 0 Å². The first-order valence-electron chi connectivity index (χ1n) is 6.94. The number of ether oxygens (including phenoxy) is 1. The summed E-state index contributed by atoms with van der Waals surface area (Å²) in [7, 11) is 0. The zero-order valence-corrected chi connectivity index (χ0v) is 12.5. The number of hydrogen-bond donors (Lipinski definition) is 1. The summed E-state index contributed by atoms with van der Waals surface area (Å²) in [6.45, 7) is 5.45. The van der Waals surface area contributed by atoms with Crippen molar-refractivity contribution in [2.24, 2.45) is 0 Å². The maximum atomic E-state index is 11.8. The summed E-state index contributed by atoms with van der Waals surface area (Å²) < 4.78 is 5.19. The number of morpholine rings is 1. The first-order chi connectivity index (χ1) is 9.24. The number of nitrogens with one attached hydrogen (secondary N) is 1. The summed E-state index contributed by atoms with van der Waals surface area (Å²) in [4.78, 5) is 25.1. The topological polar surface area (TPSA) is 58.6 Å². The molecular weight excluding hydrogens is 264 g/mol. The van der Waals surface area contributed by atoms with Crippen LogP contribution in [0.5, 0.6) is 0 Å². The molecule has 0 aromatic carbocycles. The van der Waals surface area contributed by atoms with Crippen molar-refractivity contribution in [3.63, 3.8) is 0 Å². The molecule has 1 fully saturated rings. The predicted octanol–water partition coefficient (Wildman–Crippen LogP) is 0.885. The molecule has 2 amide bonds. The molecule has 0 unspecified atom stereocenters. The molecule has 1 heterocycles. The number of nitrogens with zero attached hydrogens (tertiary/aromatic N) is 1. The molecule has 6 heteroatoms. The van der Waals surface area contributed by atoms with Crippen LogP contribution in [0.3, 0.4) is 0 Å². The van der Waals surface area contributed by atoms with Crippen molar-refractivity contribution in [3.8, 4) is 0 Å². The Labute approximate surface area is 119 Å². The average molecular weight is 288 g/mol. The first-order valence-corrected chi connectivity index (χ1v) is 8.09. The average Bonchev–Trinajstić information content (AvgIpc) is 2.44. The molecule has 1 aliphatic heterocycles. The van der Waals surface area contributed by atoms with E-state index in [1.54, 1.807) is 4.90 Å². The van der Waals surface area contributed by atoms with Crippen LogP contribution < -0.4 is 5.32 Å². The molecule has 0 aromatic rings. The van der Waals surface area contributed by atoms with E-state index in [-0.39, 0.29) is 11.8 Å². The highest BCUT2D eigenvalue weighted by molar-refractivity contribution is 8.00. The van der Waals surface area contributed by atoms with E-state index in [0.29, 0.717) is 37.8 Å². The van der Waals surface area contributed by atoms with E-state index >= 15 is 0 Å². The van der Waals surface area contributed by atoms with E-state index in [9.17, 15) is 9.59 Å². The van der Waals surface area contributed by atoms with Crippen LogP contribution in [0.1, 0.15) is 26.2 Å². The fourth-order valence-corrected chi connectivity index (χ4v) is 2.54. The first kappa shape index (κ1) is 16.3. The van der Waals surface area contributed by atoms with Gasteiger partial charge in [0.15, 0.2) is 0 Å². The monoisotopic (exact) mass is 288 g/mol. The summed E-state index contributed by atoms with van der Waals surface area (Å²) in [6.07, 6.45) is 3.32. The van der Waals surface area contributed by atoms with Crippen LogP contribution in [0.15, 0.2) is 0 Å². The number of carbonyl (C=O) groups is 2. The van der Waals surface area contributed by atoms with Crippen LogP contribution in [0.25, 0.3) is 0 Å². The molecule has 1 N–H and O–H groups in total. The van der Waals surface area contributed by atoms with Gasteiger partial charge in [-0.3, -0.25) is 9.59 Å². The van der Waals surface area contributed by atoms with E-state index in [2.05, 4.69) is 12.2 Å². The summed E-state index contributed by atoms with van der Waals surface area (Å²) >= 11 is 1.38. The van der Waals surface area contributed by atoms with E-state index in [0.717, 1.165) is 25.8 Å². The van der Waals surface area contributed by atoms with Crippen molar-refractivity contribution in [2.75, 3.05) is 44.4 Å². The highest BCUT2D eigenvalue weighted by atomic mass is 32.2. The third-order valence-electron chi connectivity index (χ3n) is 2.92. The van der Waals surface area contributed by atoms with E-state index < -0.39 is 0 Å². The molecule has 19 heavy (non-hydrogen) atoms. The maximum Gasteiger partial charge on any atom is 0.232 e. The van der Waals surface area contributed by atoms with Crippen LogP contribution in [0.4, 0.5) is 0 Å². The number of rotatable bonds is 8. The van der Waals surface area contributed by atoms with Gasteiger partial charge in [-0.1, -0.05) is 19.8 Å². The Morgan fingerprint density at radius 1 is 1.21 bits per heavy atom. The largest absolute Gasteiger partial charge is 0.378 e. The lowest BCUT2D eigenvalue weighted by atomic mass is 10.2. The molecule has 1 aliphatic rings. The smallest absolute Gasteiger partial charge is 0.232 e. The van der Waals surface area contributed by atoms with E-state index in [4.69, 9.17) is 4.74 Å². The molecule has 5 nitrogen and oxygen atoms in total.